The molecule has 1 saturated heterocycles. The highest BCUT2D eigenvalue weighted by molar-refractivity contribution is 6.30. The van der Waals surface area contributed by atoms with Gasteiger partial charge in [-0.3, -0.25) is 9.59 Å². The highest BCUT2D eigenvalue weighted by atomic mass is 35.5. The number of amides is 1. The van der Waals surface area contributed by atoms with Gasteiger partial charge in [0.25, 0.3) is 0 Å². The van der Waals surface area contributed by atoms with Crippen molar-refractivity contribution in [3.05, 3.63) is 76.2 Å². The molecular weight excluding hydrogens is 484 g/mol. The van der Waals surface area contributed by atoms with Gasteiger partial charge < -0.3 is 28.8 Å². The van der Waals surface area contributed by atoms with Crippen molar-refractivity contribution in [1.29, 1.82) is 0 Å². The molecule has 1 aromatic heterocycles. The molecule has 0 saturated carbocycles. The zero-order valence-electron chi connectivity index (χ0n) is 19.9. The lowest BCUT2D eigenvalue weighted by Crippen LogP contribution is -3.14. The number of halogens is 1. The number of nitrogens with one attached hydrogen (secondary N) is 1. The van der Waals surface area contributed by atoms with E-state index < -0.39 is 23.5 Å². The van der Waals surface area contributed by atoms with Crippen LogP contribution in [0.15, 0.2) is 64.3 Å². The van der Waals surface area contributed by atoms with E-state index in [1.807, 2.05) is 0 Å². The topological polar surface area (TPSA) is 96.5 Å². The molecule has 0 spiro atoms. The Morgan fingerprint density at radius 1 is 1.19 bits per heavy atom. The number of hydrogen-bond donors (Lipinski definition) is 1. The number of carbonyl (C=O) groups excluding carboxylic acids is 2. The van der Waals surface area contributed by atoms with Crippen LogP contribution < -0.4 is 14.7 Å². The van der Waals surface area contributed by atoms with Crippen LogP contribution in [-0.2, 0) is 9.53 Å². The first kappa shape index (κ1) is 24.4. The molecule has 3 aromatic rings. The monoisotopic (exact) mass is 510 g/mol. The Morgan fingerprint density at radius 3 is 2.67 bits per heavy atom. The third-order valence-electron chi connectivity index (χ3n) is 6.80. The Bertz CT molecular complexity index is 1310. The lowest BCUT2D eigenvalue weighted by atomic mass is 9.95. The average molecular weight is 511 g/mol. The predicted octanol–water partition coefficient (Wildman–Crippen LogP) is 1.78. The zero-order valence-corrected chi connectivity index (χ0v) is 20.7. The molecule has 5 rings (SSSR count). The van der Waals surface area contributed by atoms with Crippen molar-refractivity contribution in [3.8, 4) is 5.75 Å². The molecule has 1 atom stereocenters. The quantitative estimate of drug-likeness (QED) is 0.464. The van der Waals surface area contributed by atoms with E-state index in [-0.39, 0.29) is 11.3 Å². The van der Waals surface area contributed by atoms with Gasteiger partial charge in [0.15, 0.2) is 17.1 Å². The fraction of sp³-hybridized carbons (Fsp3) is 0.333. The number of ketones is 1. The minimum Gasteiger partial charge on any atom is -0.868 e. The number of para-hydroxylation sites is 1. The van der Waals surface area contributed by atoms with Gasteiger partial charge in [0.1, 0.15) is 13.1 Å². The van der Waals surface area contributed by atoms with Gasteiger partial charge in [-0.25, -0.2) is 0 Å². The molecule has 1 N–H and O–H groups in total. The van der Waals surface area contributed by atoms with Crippen LogP contribution in [0.5, 0.6) is 5.75 Å². The molecule has 3 heterocycles. The van der Waals surface area contributed by atoms with E-state index in [1.54, 1.807) is 48.5 Å². The van der Waals surface area contributed by atoms with Crippen LogP contribution in [0.3, 0.4) is 0 Å². The smallest absolute Gasteiger partial charge is 0.239 e. The molecule has 1 fully saturated rings. The fourth-order valence-corrected chi connectivity index (χ4v) is 5.07. The number of rotatable bonds is 8. The first-order valence-corrected chi connectivity index (χ1v) is 12.4. The first-order chi connectivity index (χ1) is 17.5. The Morgan fingerprint density at radius 2 is 1.94 bits per heavy atom. The van der Waals surface area contributed by atoms with Gasteiger partial charge in [-0.05, 0) is 35.6 Å². The van der Waals surface area contributed by atoms with E-state index in [9.17, 15) is 14.7 Å². The SMILES string of the molecule is COc1cccc2cc(C(=O)C3=C([O-])C(=O)N(CCC[NH+]4CCOCC4)C3c3ccc(Cl)cc3)oc12. The summed E-state index contributed by atoms with van der Waals surface area (Å²) < 4.78 is 16.6. The van der Waals surface area contributed by atoms with Gasteiger partial charge in [0, 0.05) is 28.9 Å². The molecule has 0 aliphatic carbocycles. The Labute approximate surface area is 213 Å². The number of quaternary nitrogens is 1. The van der Waals surface area contributed by atoms with E-state index in [0.29, 0.717) is 40.3 Å². The number of hydrogen-bond acceptors (Lipinski definition) is 6. The van der Waals surface area contributed by atoms with E-state index in [2.05, 4.69) is 0 Å². The van der Waals surface area contributed by atoms with E-state index in [4.69, 9.17) is 25.5 Å². The van der Waals surface area contributed by atoms with Gasteiger partial charge >= 0.3 is 0 Å². The summed E-state index contributed by atoms with van der Waals surface area (Å²) in [5.74, 6) is -1.61. The number of fused-ring (bicyclic) bond motifs is 1. The maximum absolute atomic E-state index is 13.7. The third-order valence-corrected chi connectivity index (χ3v) is 7.05. The second-order valence-corrected chi connectivity index (χ2v) is 9.42. The zero-order chi connectivity index (χ0) is 25.2. The standard InChI is InChI=1S/C27H27ClN2O6/c1-34-20-5-2-4-18-16-21(36-26(18)20)24(31)22-23(17-6-8-19(28)9-7-17)30(27(33)25(22)32)11-3-10-29-12-14-35-15-13-29/h2,4-9,16,23,32H,3,10-15H2,1H3. The fourth-order valence-electron chi connectivity index (χ4n) is 4.94. The summed E-state index contributed by atoms with van der Waals surface area (Å²) in [6.07, 6.45) is 0.696. The number of methoxy groups -OCH3 is 1. The number of nitrogens with zero attached hydrogens (tertiary/aromatic N) is 1. The Balaban J connectivity index is 1.46. The lowest BCUT2D eigenvalue weighted by molar-refractivity contribution is -0.908. The first-order valence-electron chi connectivity index (χ1n) is 12.0. The molecule has 188 valence electrons. The highest BCUT2D eigenvalue weighted by Gasteiger charge is 2.40. The highest BCUT2D eigenvalue weighted by Crippen LogP contribution is 2.39. The number of morpholine rings is 1. The lowest BCUT2D eigenvalue weighted by Gasteiger charge is -2.29. The molecule has 1 amide bonds. The molecule has 2 aromatic carbocycles. The maximum atomic E-state index is 13.7. The molecular formula is C27H27ClN2O6. The number of furan rings is 1. The van der Waals surface area contributed by atoms with E-state index in [0.717, 1.165) is 32.8 Å². The van der Waals surface area contributed by atoms with Crippen molar-refractivity contribution in [3.63, 3.8) is 0 Å². The maximum Gasteiger partial charge on any atom is 0.239 e. The Hall–Kier alpha value is -3.33. The molecule has 9 heteroatoms. The van der Waals surface area contributed by atoms with Crippen LogP contribution in [0.2, 0.25) is 5.02 Å². The van der Waals surface area contributed by atoms with Gasteiger partial charge in [-0.2, -0.15) is 0 Å². The van der Waals surface area contributed by atoms with Crippen molar-refractivity contribution < 1.29 is 33.5 Å². The van der Waals surface area contributed by atoms with Gasteiger partial charge in [-0.15, -0.1) is 0 Å². The summed E-state index contributed by atoms with van der Waals surface area (Å²) >= 11 is 6.09. The van der Waals surface area contributed by atoms with Gasteiger partial charge in [-0.1, -0.05) is 35.9 Å². The van der Waals surface area contributed by atoms with Crippen LogP contribution in [-0.4, -0.2) is 63.1 Å². The molecule has 2 aliphatic rings. The summed E-state index contributed by atoms with van der Waals surface area (Å²) in [6, 6.07) is 12.9. The molecule has 0 radical (unpaired) electrons. The van der Waals surface area contributed by atoms with Crippen molar-refractivity contribution in [2.75, 3.05) is 46.5 Å². The summed E-state index contributed by atoms with van der Waals surface area (Å²) in [4.78, 5) is 29.7. The Kier molecular flexibility index (Phi) is 7.00. The van der Waals surface area contributed by atoms with Crippen molar-refractivity contribution in [2.24, 2.45) is 0 Å². The summed E-state index contributed by atoms with van der Waals surface area (Å²) in [5, 5.41) is 14.4. The minimum atomic E-state index is -0.815. The second-order valence-electron chi connectivity index (χ2n) is 8.98. The normalized spacial score (nSPS) is 18.9. The summed E-state index contributed by atoms with van der Waals surface area (Å²) in [6.45, 7) is 4.48. The van der Waals surface area contributed by atoms with Crippen LogP contribution in [0.25, 0.3) is 11.0 Å². The van der Waals surface area contributed by atoms with Crippen molar-refractivity contribution in [2.45, 2.75) is 12.5 Å². The molecule has 8 nitrogen and oxygen atoms in total. The number of carbonyl (C=O) groups is 2. The summed E-state index contributed by atoms with van der Waals surface area (Å²) in [5.41, 5.74) is 0.947. The van der Waals surface area contributed by atoms with Gasteiger partial charge in [0.2, 0.25) is 11.7 Å². The summed E-state index contributed by atoms with van der Waals surface area (Å²) in [7, 11) is 1.51. The van der Waals surface area contributed by atoms with Crippen LogP contribution >= 0.6 is 11.6 Å². The second kappa shape index (κ2) is 10.3. The number of Topliss-reactive ketones (excluding diaryl/α,β-unsaturated/α-hetero) is 1. The molecule has 1 unspecified atom stereocenters. The van der Waals surface area contributed by atoms with Crippen LogP contribution in [0, 0.1) is 0 Å². The largest absolute Gasteiger partial charge is 0.868 e. The molecule has 36 heavy (non-hydrogen) atoms. The van der Waals surface area contributed by atoms with Crippen molar-refractivity contribution >= 4 is 34.3 Å². The van der Waals surface area contributed by atoms with Gasteiger partial charge in [0.05, 0.1) is 32.9 Å². The van der Waals surface area contributed by atoms with E-state index in [1.165, 1.54) is 16.9 Å². The molecule has 0 bridgehead atoms. The van der Waals surface area contributed by atoms with E-state index >= 15 is 0 Å². The number of ether oxygens (including phenoxy) is 2. The number of benzene rings is 2. The predicted molar refractivity (Wildman–Crippen MR) is 131 cm³/mol. The minimum absolute atomic E-state index is 0.00998. The molecule has 2 aliphatic heterocycles. The van der Waals surface area contributed by atoms with Crippen molar-refractivity contribution in [1.82, 2.24) is 4.90 Å². The third kappa shape index (κ3) is 4.59. The average Bonchev–Trinajstić information content (AvgIpc) is 3.44. The van der Waals surface area contributed by atoms with Crippen LogP contribution in [0.4, 0.5) is 0 Å². The van der Waals surface area contributed by atoms with Crippen LogP contribution in [0.1, 0.15) is 28.6 Å².